The molecule has 2 amide bonds. The first-order valence-electron chi connectivity index (χ1n) is 10.5. The fourth-order valence-electron chi connectivity index (χ4n) is 4.06. The van der Waals surface area contributed by atoms with Gasteiger partial charge in [-0.2, -0.15) is 10.2 Å². The van der Waals surface area contributed by atoms with E-state index in [4.69, 9.17) is 4.98 Å². The number of carbonyl (C=O) groups excluding carboxylic acids is 1. The molecule has 0 unspecified atom stereocenters. The van der Waals surface area contributed by atoms with Crippen LogP contribution < -0.4 is 10.2 Å². The molecule has 11 heteroatoms. The van der Waals surface area contributed by atoms with Crippen molar-refractivity contribution in [1.29, 1.82) is 0 Å². The number of halogens is 2. The zero-order valence-electron chi connectivity index (χ0n) is 18.1. The van der Waals surface area contributed by atoms with Gasteiger partial charge < -0.3 is 15.1 Å². The number of aromatic nitrogens is 5. The SMILES string of the molecule is CN(C)C(=O)Nc1cnn(-c2cnn3ccc(N4CCC[C@H]4c4cc(F)ccc4F)nc23)c1. The summed E-state index contributed by atoms with van der Waals surface area (Å²) in [6.07, 6.45) is 8.16. The molecule has 0 spiro atoms. The van der Waals surface area contributed by atoms with Crippen LogP contribution in [0.1, 0.15) is 24.4 Å². The zero-order valence-corrected chi connectivity index (χ0v) is 18.1. The third-order valence-corrected chi connectivity index (χ3v) is 5.69. The van der Waals surface area contributed by atoms with E-state index in [1.54, 1.807) is 41.9 Å². The van der Waals surface area contributed by atoms with Crippen molar-refractivity contribution >= 4 is 23.2 Å². The van der Waals surface area contributed by atoms with Crippen molar-refractivity contribution in [3.63, 3.8) is 0 Å². The number of benzene rings is 1. The second-order valence-electron chi connectivity index (χ2n) is 8.10. The molecule has 0 aliphatic carbocycles. The van der Waals surface area contributed by atoms with Crippen molar-refractivity contribution in [2.45, 2.75) is 18.9 Å². The van der Waals surface area contributed by atoms with Gasteiger partial charge >= 0.3 is 6.03 Å². The second-order valence-corrected chi connectivity index (χ2v) is 8.10. The Hall–Kier alpha value is -4.02. The molecule has 4 heterocycles. The van der Waals surface area contributed by atoms with Crippen molar-refractivity contribution in [3.8, 4) is 5.69 Å². The highest BCUT2D eigenvalue weighted by Gasteiger charge is 2.30. The van der Waals surface area contributed by atoms with Gasteiger partial charge in [0.1, 0.15) is 23.1 Å². The van der Waals surface area contributed by atoms with Crippen LogP contribution in [-0.4, -0.2) is 55.9 Å². The number of hydrogen-bond acceptors (Lipinski definition) is 5. The zero-order chi connectivity index (χ0) is 23.1. The Morgan fingerprint density at radius 3 is 2.85 bits per heavy atom. The highest BCUT2D eigenvalue weighted by atomic mass is 19.1. The Kier molecular flexibility index (Phi) is 5.15. The van der Waals surface area contributed by atoms with Gasteiger partial charge in [-0.15, -0.1) is 0 Å². The van der Waals surface area contributed by atoms with Crippen LogP contribution in [0.25, 0.3) is 11.3 Å². The minimum atomic E-state index is -0.462. The molecule has 1 fully saturated rings. The molecule has 1 aliphatic rings. The molecule has 170 valence electrons. The molecule has 1 saturated heterocycles. The fraction of sp³-hybridized carbons (Fsp3) is 0.273. The Labute approximate surface area is 188 Å². The Bertz CT molecular complexity index is 1330. The van der Waals surface area contributed by atoms with Gasteiger partial charge in [0.15, 0.2) is 5.65 Å². The van der Waals surface area contributed by atoms with E-state index in [2.05, 4.69) is 15.5 Å². The van der Waals surface area contributed by atoms with Crippen LogP contribution in [-0.2, 0) is 0 Å². The lowest BCUT2D eigenvalue weighted by Gasteiger charge is -2.26. The summed E-state index contributed by atoms with van der Waals surface area (Å²) < 4.78 is 31.5. The van der Waals surface area contributed by atoms with Crippen molar-refractivity contribution in [2.24, 2.45) is 0 Å². The number of nitrogens with zero attached hydrogens (tertiary/aromatic N) is 7. The average Bonchev–Trinajstić information content (AvgIpc) is 3.53. The molecule has 1 aliphatic heterocycles. The summed E-state index contributed by atoms with van der Waals surface area (Å²) >= 11 is 0. The molecular formula is C22H22F2N8O. The first kappa shape index (κ1) is 20.9. The smallest absolute Gasteiger partial charge is 0.321 e. The average molecular weight is 452 g/mol. The number of hydrogen-bond donors (Lipinski definition) is 1. The predicted molar refractivity (Wildman–Crippen MR) is 118 cm³/mol. The summed E-state index contributed by atoms with van der Waals surface area (Å²) in [7, 11) is 3.30. The van der Waals surface area contributed by atoms with Crippen LogP contribution in [0.15, 0.2) is 49.1 Å². The van der Waals surface area contributed by atoms with E-state index in [0.29, 0.717) is 41.4 Å². The van der Waals surface area contributed by atoms with Crippen LogP contribution in [0, 0.1) is 11.6 Å². The molecule has 4 aromatic rings. The van der Waals surface area contributed by atoms with Gasteiger partial charge in [0, 0.05) is 32.4 Å². The standard InChI is InChI=1S/C22H22F2N8O/c1-29(2)22(33)27-15-11-25-32(13-15)19-12-26-31-9-7-20(28-21(19)31)30-8-3-4-18(30)16-10-14(23)5-6-17(16)24/h5-7,9-13,18H,3-4,8H2,1-2H3,(H,27,33)/t18-/m0/s1. The molecule has 1 N–H and O–H groups in total. The van der Waals surface area contributed by atoms with Crippen LogP contribution in [0.4, 0.5) is 25.1 Å². The van der Waals surface area contributed by atoms with E-state index in [0.717, 1.165) is 18.6 Å². The van der Waals surface area contributed by atoms with Crippen LogP contribution >= 0.6 is 0 Å². The van der Waals surface area contributed by atoms with Crippen molar-refractivity contribution in [3.05, 3.63) is 66.3 Å². The molecule has 0 radical (unpaired) electrons. The topological polar surface area (TPSA) is 83.6 Å². The number of anilines is 2. The largest absolute Gasteiger partial charge is 0.349 e. The summed E-state index contributed by atoms with van der Waals surface area (Å²) in [5, 5.41) is 11.4. The fourth-order valence-corrected chi connectivity index (χ4v) is 4.06. The Morgan fingerprint density at radius 2 is 2.03 bits per heavy atom. The number of nitrogens with one attached hydrogen (secondary N) is 1. The maximum absolute atomic E-state index is 14.5. The van der Waals surface area contributed by atoms with Gasteiger partial charge in [0.25, 0.3) is 0 Å². The van der Waals surface area contributed by atoms with Gasteiger partial charge in [-0.1, -0.05) is 0 Å². The second kappa shape index (κ2) is 8.15. The third-order valence-electron chi connectivity index (χ3n) is 5.69. The van der Waals surface area contributed by atoms with Crippen LogP contribution in [0.2, 0.25) is 0 Å². The first-order chi connectivity index (χ1) is 15.9. The van der Waals surface area contributed by atoms with Gasteiger partial charge in [0.2, 0.25) is 0 Å². The molecular weight excluding hydrogens is 430 g/mol. The van der Waals surface area contributed by atoms with Crippen LogP contribution in [0.5, 0.6) is 0 Å². The van der Waals surface area contributed by atoms with E-state index >= 15 is 0 Å². The number of urea groups is 1. The Balaban J connectivity index is 1.48. The molecule has 5 rings (SSSR count). The van der Waals surface area contributed by atoms with Gasteiger partial charge in [-0.25, -0.2) is 27.8 Å². The predicted octanol–water partition coefficient (Wildman–Crippen LogP) is 3.63. The van der Waals surface area contributed by atoms with Gasteiger partial charge in [0.05, 0.1) is 30.3 Å². The lowest BCUT2D eigenvalue weighted by molar-refractivity contribution is 0.230. The van der Waals surface area contributed by atoms with E-state index in [1.807, 2.05) is 11.0 Å². The number of carbonyl (C=O) groups is 1. The lowest BCUT2D eigenvalue weighted by Crippen LogP contribution is -2.27. The molecule has 1 atom stereocenters. The summed E-state index contributed by atoms with van der Waals surface area (Å²) in [6, 6.07) is 4.79. The summed E-state index contributed by atoms with van der Waals surface area (Å²) in [6.45, 7) is 0.676. The van der Waals surface area contributed by atoms with E-state index in [9.17, 15) is 13.6 Å². The molecule has 33 heavy (non-hydrogen) atoms. The number of rotatable bonds is 4. The first-order valence-corrected chi connectivity index (χ1v) is 10.5. The molecule has 0 bridgehead atoms. The van der Waals surface area contributed by atoms with Crippen molar-refractivity contribution in [2.75, 3.05) is 30.9 Å². The normalized spacial score (nSPS) is 15.9. The van der Waals surface area contributed by atoms with E-state index in [1.165, 1.54) is 17.2 Å². The summed E-state index contributed by atoms with van der Waals surface area (Å²) in [5.74, 6) is -0.248. The minimum absolute atomic E-state index is 0.264. The van der Waals surface area contributed by atoms with Crippen molar-refractivity contribution in [1.82, 2.24) is 29.3 Å². The summed E-state index contributed by atoms with van der Waals surface area (Å²) in [4.78, 5) is 20.1. The van der Waals surface area contributed by atoms with Gasteiger partial charge in [-0.05, 0) is 37.1 Å². The molecule has 3 aromatic heterocycles. The van der Waals surface area contributed by atoms with E-state index < -0.39 is 11.6 Å². The van der Waals surface area contributed by atoms with Crippen LogP contribution in [0.3, 0.4) is 0 Å². The van der Waals surface area contributed by atoms with Crippen molar-refractivity contribution < 1.29 is 13.6 Å². The quantitative estimate of drug-likeness (QED) is 0.511. The monoisotopic (exact) mass is 452 g/mol. The molecule has 0 saturated carbocycles. The maximum Gasteiger partial charge on any atom is 0.321 e. The maximum atomic E-state index is 14.5. The number of fused-ring (bicyclic) bond motifs is 1. The lowest BCUT2D eigenvalue weighted by atomic mass is 10.0. The highest BCUT2D eigenvalue weighted by Crippen LogP contribution is 2.37. The molecule has 1 aromatic carbocycles. The number of amides is 2. The van der Waals surface area contributed by atoms with E-state index in [-0.39, 0.29) is 12.1 Å². The van der Waals surface area contributed by atoms with Gasteiger partial charge in [-0.3, -0.25) is 0 Å². The third kappa shape index (κ3) is 3.86. The summed E-state index contributed by atoms with van der Waals surface area (Å²) in [5.41, 5.74) is 2.03. The Morgan fingerprint density at radius 1 is 1.18 bits per heavy atom. The highest BCUT2D eigenvalue weighted by molar-refractivity contribution is 5.88. The minimum Gasteiger partial charge on any atom is -0.349 e. The molecule has 9 nitrogen and oxygen atoms in total.